The summed E-state index contributed by atoms with van der Waals surface area (Å²) in [6.07, 6.45) is 6.83. The van der Waals surface area contributed by atoms with Gasteiger partial charge in [-0.3, -0.25) is 4.98 Å². The van der Waals surface area contributed by atoms with Crippen LogP contribution in [0.15, 0.2) is 30.7 Å². The fourth-order valence-electron chi connectivity index (χ4n) is 2.24. The molecule has 0 fully saturated rings. The van der Waals surface area contributed by atoms with E-state index in [1.807, 2.05) is 38.6 Å². The molecular weight excluding hydrogens is 224 g/mol. The van der Waals surface area contributed by atoms with E-state index in [9.17, 15) is 0 Å². The van der Waals surface area contributed by atoms with Crippen molar-refractivity contribution in [2.45, 2.75) is 32.9 Å². The second-order valence-electron chi connectivity index (χ2n) is 4.38. The number of nitrogens with zero attached hydrogens (tertiary/aromatic N) is 3. The van der Waals surface area contributed by atoms with Gasteiger partial charge in [-0.1, -0.05) is 13.0 Å². The Kier molecular flexibility index (Phi) is 4.10. The Labute approximate surface area is 108 Å². The quantitative estimate of drug-likeness (QED) is 0.877. The van der Waals surface area contributed by atoms with Crippen LogP contribution < -0.4 is 5.32 Å². The van der Waals surface area contributed by atoms with Crippen LogP contribution in [-0.2, 0) is 6.54 Å². The molecular formula is C14H20N4. The molecule has 1 N–H and O–H groups in total. The van der Waals surface area contributed by atoms with Crippen LogP contribution in [0, 0.1) is 6.92 Å². The minimum atomic E-state index is 0.0975. The Hall–Kier alpha value is -1.68. The summed E-state index contributed by atoms with van der Waals surface area (Å²) in [6.45, 7) is 5.20. The van der Waals surface area contributed by atoms with Crippen LogP contribution in [0.4, 0.5) is 0 Å². The monoisotopic (exact) mass is 244 g/mol. The molecule has 0 aromatic carbocycles. The van der Waals surface area contributed by atoms with Gasteiger partial charge in [-0.05, 0) is 32.0 Å². The maximum Gasteiger partial charge on any atom is 0.130 e. The molecule has 96 valence electrons. The number of hydrogen-bond donors (Lipinski definition) is 1. The zero-order valence-electron chi connectivity index (χ0n) is 11.2. The average Bonchev–Trinajstić information content (AvgIpc) is 2.82. The van der Waals surface area contributed by atoms with Gasteiger partial charge in [0.05, 0.1) is 6.04 Å². The SMILES string of the molecule is CCCn1ccnc1C(NC)c1cccnc1C. The highest BCUT2D eigenvalue weighted by Gasteiger charge is 2.19. The lowest BCUT2D eigenvalue weighted by Gasteiger charge is -2.19. The first kappa shape index (κ1) is 12.8. The van der Waals surface area contributed by atoms with E-state index >= 15 is 0 Å². The van der Waals surface area contributed by atoms with Gasteiger partial charge in [-0.25, -0.2) is 4.98 Å². The van der Waals surface area contributed by atoms with Crippen molar-refractivity contribution in [2.24, 2.45) is 0 Å². The molecule has 0 aliphatic rings. The molecule has 0 saturated heterocycles. The summed E-state index contributed by atoms with van der Waals surface area (Å²) in [4.78, 5) is 8.85. The minimum Gasteiger partial charge on any atom is -0.333 e. The first-order valence-corrected chi connectivity index (χ1v) is 6.37. The standard InChI is InChI=1S/C14H20N4/c1-4-9-18-10-8-17-14(18)13(15-3)12-6-5-7-16-11(12)2/h5-8,10,13,15H,4,9H2,1-3H3. The van der Waals surface area contributed by atoms with Gasteiger partial charge in [0.15, 0.2) is 0 Å². The van der Waals surface area contributed by atoms with Gasteiger partial charge in [-0.15, -0.1) is 0 Å². The zero-order valence-corrected chi connectivity index (χ0v) is 11.2. The van der Waals surface area contributed by atoms with Gasteiger partial charge >= 0.3 is 0 Å². The fourth-order valence-corrected chi connectivity index (χ4v) is 2.24. The summed E-state index contributed by atoms with van der Waals surface area (Å²) >= 11 is 0. The Morgan fingerprint density at radius 3 is 2.83 bits per heavy atom. The summed E-state index contributed by atoms with van der Waals surface area (Å²) in [5, 5.41) is 3.34. The number of pyridine rings is 1. The topological polar surface area (TPSA) is 42.7 Å². The van der Waals surface area contributed by atoms with Crippen LogP contribution in [0.5, 0.6) is 0 Å². The zero-order chi connectivity index (χ0) is 13.0. The lowest BCUT2D eigenvalue weighted by molar-refractivity contribution is 0.565. The van der Waals surface area contributed by atoms with E-state index in [-0.39, 0.29) is 6.04 Å². The first-order valence-electron chi connectivity index (χ1n) is 6.37. The number of imidazole rings is 1. The largest absolute Gasteiger partial charge is 0.333 e. The van der Waals surface area contributed by atoms with Crippen LogP contribution >= 0.6 is 0 Å². The Balaban J connectivity index is 2.39. The molecule has 4 nitrogen and oxygen atoms in total. The molecule has 18 heavy (non-hydrogen) atoms. The van der Waals surface area contributed by atoms with Gasteiger partial charge in [-0.2, -0.15) is 0 Å². The summed E-state index contributed by atoms with van der Waals surface area (Å²) in [5.41, 5.74) is 2.23. The predicted octanol–water partition coefficient (Wildman–Crippen LogP) is 2.31. The van der Waals surface area contributed by atoms with E-state index in [2.05, 4.69) is 32.8 Å². The van der Waals surface area contributed by atoms with Crippen LogP contribution in [-0.4, -0.2) is 21.6 Å². The smallest absolute Gasteiger partial charge is 0.130 e. The molecule has 2 rings (SSSR count). The van der Waals surface area contributed by atoms with E-state index in [4.69, 9.17) is 0 Å². The van der Waals surface area contributed by atoms with Crippen molar-refractivity contribution in [3.63, 3.8) is 0 Å². The van der Waals surface area contributed by atoms with E-state index < -0.39 is 0 Å². The lowest BCUT2D eigenvalue weighted by Crippen LogP contribution is -2.23. The van der Waals surface area contributed by atoms with Crippen LogP contribution in [0.25, 0.3) is 0 Å². The van der Waals surface area contributed by atoms with Crippen LogP contribution in [0.3, 0.4) is 0 Å². The molecule has 1 atom stereocenters. The van der Waals surface area contributed by atoms with Gasteiger partial charge in [0.25, 0.3) is 0 Å². The van der Waals surface area contributed by atoms with Gasteiger partial charge in [0, 0.05) is 30.8 Å². The van der Waals surface area contributed by atoms with Crippen molar-refractivity contribution in [1.82, 2.24) is 19.9 Å². The molecule has 2 heterocycles. The highest BCUT2D eigenvalue weighted by molar-refractivity contribution is 5.28. The third-order valence-corrected chi connectivity index (χ3v) is 3.12. The van der Waals surface area contributed by atoms with E-state index in [0.29, 0.717) is 0 Å². The van der Waals surface area contributed by atoms with Gasteiger partial charge < -0.3 is 9.88 Å². The molecule has 0 aliphatic carbocycles. The second-order valence-corrected chi connectivity index (χ2v) is 4.38. The van der Waals surface area contributed by atoms with Crippen molar-refractivity contribution in [1.29, 1.82) is 0 Å². The molecule has 0 bridgehead atoms. The number of nitrogens with one attached hydrogen (secondary N) is 1. The number of aryl methyl sites for hydroxylation is 2. The van der Waals surface area contributed by atoms with Crippen LogP contribution in [0.2, 0.25) is 0 Å². The maximum atomic E-state index is 4.50. The lowest BCUT2D eigenvalue weighted by atomic mass is 10.1. The maximum absolute atomic E-state index is 4.50. The van der Waals surface area contributed by atoms with Gasteiger partial charge in [0.1, 0.15) is 5.82 Å². The highest BCUT2D eigenvalue weighted by atomic mass is 15.1. The molecule has 2 aromatic heterocycles. The van der Waals surface area contributed by atoms with Crippen LogP contribution in [0.1, 0.15) is 36.5 Å². The molecule has 1 unspecified atom stereocenters. The summed E-state index contributed by atoms with van der Waals surface area (Å²) in [6, 6.07) is 4.18. The van der Waals surface area contributed by atoms with Crippen molar-refractivity contribution in [3.8, 4) is 0 Å². The number of hydrogen-bond acceptors (Lipinski definition) is 3. The minimum absolute atomic E-state index is 0.0975. The van der Waals surface area contributed by atoms with Crippen molar-refractivity contribution in [2.75, 3.05) is 7.05 Å². The molecule has 4 heteroatoms. The number of aromatic nitrogens is 3. The van der Waals surface area contributed by atoms with Crippen molar-refractivity contribution >= 4 is 0 Å². The van der Waals surface area contributed by atoms with Gasteiger partial charge in [0.2, 0.25) is 0 Å². The van der Waals surface area contributed by atoms with E-state index in [1.54, 1.807) is 0 Å². The first-order chi connectivity index (χ1) is 8.77. The Morgan fingerprint density at radius 1 is 1.33 bits per heavy atom. The third-order valence-electron chi connectivity index (χ3n) is 3.12. The normalized spacial score (nSPS) is 12.6. The predicted molar refractivity (Wildman–Crippen MR) is 72.4 cm³/mol. The van der Waals surface area contributed by atoms with E-state index in [0.717, 1.165) is 24.5 Å². The molecule has 0 amide bonds. The average molecular weight is 244 g/mol. The second kappa shape index (κ2) is 5.78. The summed E-state index contributed by atoms with van der Waals surface area (Å²) < 4.78 is 2.20. The molecule has 0 radical (unpaired) electrons. The van der Waals surface area contributed by atoms with Crippen molar-refractivity contribution < 1.29 is 0 Å². The number of rotatable bonds is 5. The van der Waals surface area contributed by atoms with E-state index in [1.165, 1.54) is 5.56 Å². The highest BCUT2D eigenvalue weighted by Crippen LogP contribution is 2.22. The summed E-state index contributed by atoms with van der Waals surface area (Å²) in [5.74, 6) is 1.05. The molecule has 2 aromatic rings. The Bertz CT molecular complexity index is 504. The Morgan fingerprint density at radius 2 is 2.17 bits per heavy atom. The third kappa shape index (κ3) is 2.43. The molecule has 0 aliphatic heterocycles. The fraction of sp³-hybridized carbons (Fsp3) is 0.429. The molecule has 0 saturated carbocycles. The molecule has 0 spiro atoms. The van der Waals surface area contributed by atoms with Crippen molar-refractivity contribution in [3.05, 3.63) is 47.8 Å². The summed E-state index contributed by atoms with van der Waals surface area (Å²) in [7, 11) is 1.96.